The number of aryl methyl sites for hydroxylation is 2. The average Bonchev–Trinajstić information content (AvgIpc) is 2.95. The largest absolute Gasteiger partial charge is 0.216 e. The Labute approximate surface area is 130 Å². The summed E-state index contributed by atoms with van der Waals surface area (Å²) in [6.45, 7) is 0.289. The van der Waals surface area contributed by atoms with Crippen LogP contribution in [0.5, 0.6) is 0 Å². The Morgan fingerprint density at radius 3 is 2.41 bits per heavy atom. The van der Waals surface area contributed by atoms with Gasteiger partial charge in [-0.3, -0.25) is 0 Å². The minimum atomic E-state index is -3.43. The van der Waals surface area contributed by atoms with E-state index >= 15 is 0 Å². The first kappa shape index (κ1) is 15.2. The molecule has 0 saturated heterocycles. The normalized spacial score (nSPS) is 14.0. The fraction of sp³-hybridized carbons (Fsp3) is 0.294. The van der Waals surface area contributed by atoms with Gasteiger partial charge in [-0.05, 0) is 53.6 Å². The minimum absolute atomic E-state index is 0.141. The molecule has 0 heterocycles. The van der Waals surface area contributed by atoms with Gasteiger partial charge in [-0.15, -0.1) is 0 Å². The molecular weight excluding hydrogens is 301 g/mol. The van der Waals surface area contributed by atoms with Crippen LogP contribution < -0.4 is 4.72 Å². The zero-order valence-corrected chi connectivity index (χ0v) is 13.0. The van der Waals surface area contributed by atoms with Crippen LogP contribution in [0.25, 0.3) is 0 Å². The van der Waals surface area contributed by atoms with Crippen molar-refractivity contribution in [3.63, 3.8) is 0 Å². The van der Waals surface area contributed by atoms with Crippen LogP contribution in [0.2, 0.25) is 0 Å². The number of hydrogen-bond donors (Lipinski definition) is 1. The van der Waals surface area contributed by atoms with Crippen molar-refractivity contribution in [2.45, 2.75) is 31.6 Å². The van der Waals surface area contributed by atoms with E-state index in [1.807, 2.05) is 6.07 Å². The molecule has 0 radical (unpaired) electrons. The van der Waals surface area contributed by atoms with Gasteiger partial charge in [0.25, 0.3) is 0 Å². The average molecular weight is 319 g/mol. The van der Waals surface area contributed by atoms with E-state index in [9.17, 15) is 12.8 Å². The van der Waals surface area contributed by atoms with E-state index in [0.29, 0.717) is 5.56 Å². The van der Waals surface area contributed by atoms with Crippen molar-refractivity contribution in [3.8, 4) is 0 Å². The van der Waals surface area contributed by atoms with Gasteiger partial charge in [-0.25, -0.2) is 17.5 Å². The molecule has 0 saturated carbocycles. The first-order valence-corrected chi connectivity index (χ1v) is 8.99. The summed E-state index contributed by atoms with van der Waals surface area (Å²) in [4.78, 5) is 0. The predicted octanol–water partition coefficient (Wildman–Crippen LogP) is 2.93. The van der Waals surface area contributed by atoms with Gasteiger partial charge in [0.05, 0.1) is 5.75 Å². The summed E-state index contributed by atoms with van der Waals surface area (Å²) >= 11 is 0. The molecule has 1 aliphatic carbocycles. The maximum atomic E-state index is 12.8. The summed E-state index contributed by atoms with van der Waals surface area (Å²) in [5, 5.41) is 0. The highest BCUT2D eigenvalue weighted by atomic mass is 32.2. The third-order valence-corrected chi connectivity index (χ3v) is 5.23. The van der Waals surface area contributed by atoms with E-state index in [1.54, 1.807) is 0 Å². The van der Waals surface area contributed by atoms with Crippen molar-refractivity contribution in [3.05, 3.63) is 70.5 Å². The summed E-state index contributed by atoms with van der Waals surface area (Å²) in [6, 6.07) is 11.7. The fourth-order valence-corrected chi connectivity index (χ4v) is 3.90. The molecular formula is C17H18FNO2S. The van der Waals surface area contributed by atoms with Crippen molar-refractivity contribution in [2.24, 2.45) is 0 Å². The Morgan fingerprint density at radius 1 is 0.955 bits per heavy atom. The molecule has 1 aliphatic rings. The molecule has 2 aromatic carbocycles. The summed E-state index contributed by atoms with van der Waals surface area (Å²) in [5.74, 6) is -0.509. The molecule has 0 amide bonds. The lowest BCUT2D eigenvalue weighted by Crippen LogP contribution is -2.24. The lowest BCUT2D eigenvalue weighted by atomic mass is 10.1. The van der Waals surface area contributed by atoms with E-state index in [2.05, 4.69) is 16.9 Å². The van der Waals surface area contributed by atoms with Crippen LogP contribution in [0, 0.1) is 5.82 Å². The number of halogens is 1. The van der Waals surface area contributed by atoms with Crippen LogP contribution in [0.4, 0.5) is 4.39 Å². The number of benzene rings is 2. The molecule has 0 atom stereocenters. The molecule has 0 fully saturated rings. The highest BCUT2D eigenvalue weighted by molar-refractivity contribution is 7.88. The number of nitrogens with one attached hydrogen (secondary N) is 1. The minimum Gasteiger partial charge on any atom is -0.212 e. The van der Waals surface area contributed by atoms with Crippen LogP contribution in [-0.2, 0) is 35.2 Å². The Kier molecular flexibility index (Phi) is 4.27. The highest BCUT2D eigenvalue weighted by Gasteiger charge is 2.14. The molecule has 116 valence electrons. The van der Waals surface area contributed by atoms with Crippen molar-refractivity contribution in [1.29, 1.82) is 0 Å². The zero-order valence-electron chi connectivity index (χ0n) is 12.2. The van der Waals surface area contributed by atoms with Crippen molar-refractivity contribution >= 4 is 10.0 Å². The Hall–Kier alpha value is -1.72. The molecule has 5 heteroatoms. The monoisotopic (exact) mass is 319 g/mol. The van der Waals surface area contributed by atoms with Crippen molar-refractivity contribution < 1.29 is 12.8 Å². The molecule has 0 aromatic heterocycles. The number of fused-ring (bicyclic) bond motifs is 1. The fourth-order valence-electron chi connectivity index (χ4n) is 2.78. The first-order chi connectivity index (χ1) is 10.5. The van der Waals surface area contributed by atoms with Crippen molar-refractivity contribution in [1.82, 2.24) is 4.72 Å². The van der Waals surface area contributed by atoms with E-state index in [0.717, 1.165) is 18.4 Å². The number of sulfonamides is 1. The zero-order chi connectivity index (χ0) is 15.6. The predicted molar refractivity (Wildman–Crippen MR) is 84.3 cm³/mol. The van der Waals surface area contributed by atoms with Gasteiger partial charge in [0.1, 0.15) is 5.82 Å². The Morgan fingerprint density at radius 2 is 1.64 bits per heavy atom. The summed E-state index contributed by atoms with van der Waals surface area (Å²) in [7, 11) is -3.43. The summed E-state index contributed by atoms with van der Waals surface area (Å²) in [5.41, 5.74) is 4.25. The smallest absolute Gasteiger partial charge is 0.212 e. The van der Waals surface area contributed by atoms with Gasteiger partial charge >= 0.3 is 0 Å². The van der Waals surface area contributed by atoms with Crippen LogP contribution in [0.15, 0.2) is 42.5 Å². The van der Waals surface area contributed by atoms with Gasteiger partial charge in [-0.2, -0.15) is 0 Å². The summed E-state index contributed by atoms with van der Waals surface area (Å²) < 4.78 is 39.6. The Balaban J connectivity index is 1.63. The lowest BCUT2D eigenvalue weighted by Gasteiger charge is -2.08. The van der Waals surface area contributed by atoms with E-state index < -0.39 is 10.0 Å². The first-order valence-electron chi connectivity index (χ1n) is 7.34. The molecule has 1 N–H and O–H groups in total. The molecule has 2 aromatic rings. The molecule has 0 aliphatic heterocycles. The number of hydrogen-bond acceptors (Lipinski definition) is 2. The maximum Gasteiger partial charge on any atom is 0.216 e. The van der Waals surface area contributed by atoms with Gasteiger partial charge in [0.15, 0.2) is 0 Å². The molecule has 3 nitrogen and oxygen atoms in total. The van der Waals surface area contributed by atoms with Crippen LogP contribution in [-0.4, -0.2) is 8.42 Å². The van der Waals surface area contributed by atoms with E-state index in [4.69, 9.17) is 0 Å². The standard InChI is InChI=1S/C17H18FNO2S/c18-17-8-5-13(6-9-17)12-22(20,21)19-11-14-4-7-15-2-1-3-16(15)10-14/h4-10,19H,1-3,11-12H2. The lowest BCUT2D eigenvalue weighted by molar-refractivity contribution is 0.580. The number of rotatable bonds is 5. The second-order valence-electron chi connectivity index (χ2n) is 5.66. The SMILES string of the molecule is O=S(=O)(Cc1ccc(F)cc1)NCc1ccc2c(c1)CCC2. The second kappa shape index (κ2) is 6.18. The van der Waals surface area contributed by atoms with Crippen LogP contribution >= 0.6 is 0 Å². The van der Waals surface area contributed by atoms with E-state index in [-0.39, 0.29) is 18.1 Å². The molecule has 0 bridgehead atoms. The van der Waals surface area contributed by atoms with Gasteiger partial charge in [-0.1, -0.05) is 30.3 Å². The van der Waals surface area contributed by atoms with Crippen LogP contribution in [0.1, 0.15) is 28.7 Å². The molecule has 0 unspecified atom stereocenters. The molecule has 3 rings (SSSR count). The summed E-state index contributed by atoms with van der Waals surface area (Å²) in [6.07, 6.45) is 3.37. The van der Waals surface area contributed by atoms with Gasteiger partial charge in [0.2, 0.25) is 10.0 Å². The second-order valence-corrected chi connectivity index (χ2v) is 7.47. The molecule has 0 spiro atoms. The van der Waals surface area contributed by atoms with E-state index in [1.165, 1.54) is 41.8 Å². The van der Waals surface area contributed by atoms with Gasteiger partial charge < -0.3 is 0 Å². The quantitative estimate of drug-likeness (QED) is 0.921. The third-order valence-electron chi connectivity index (χ3n) is 3.93. The third kappa shape index (κ3) is 3.72. The molecule has 22 heavy (non-hydrogen) atoms. The van der Waals surface area contributed by atoms with Crippen molar-refractivity contribution in [2.75, 3.05) is 0 Å². The highest BCUT2D eigenvalue weighted by Crippen LogP contribution is 2.22. The van der Waals surface area contributed by atoms with Crippen LogP contribution in [0.3, 0.4) is 0 Å². The Bertz CT molecular complexity index is 770. The maximum absolute atomic E-state index is 12.8. The van der Waals surface area contributed by atoms with Gasteiger partial charge in [0, 0.05) is 6.54 Å². The topological polar surface area (TPSA) is 46.2 Å².